The maximum absolute atomic E-state index is 12.4. The summed E-state index contributed by atoms with van der Waals surface area (Å²) < 4.78 is 41.9. The molecule has 9 heteroatoms. The molecular formula is C14H17F3N2O4. The smallest absolute Gasteiger partial charge is 0.386 e. The molecule has 2 amide bonds. The van der Waals surface area contributed by atoms with Crippen LogP contribution in [0.2, 0.25) is 0 Å². The molecule has 128 valence electrons. The number of carbonyl (C=O) groups excluding carboxylic acids is 2. The number of alkyl halides is 3. The molecule has 3 N–H and O–H groups in total. The van der Waals surface area contributed by atoms with Gasteiger partial charge in [-0.05, 0) is 31.2 Å². The highest BCUT2D eigenvalue weighted by Gasteiger charge is 2.30. The highest BCUT2D eigenvalue weighted by atomic mass is 19.4. The number of ether oxygens (including phenoxy) is 1. The first kappa shape index (κ1) is 18.9. The van der Waals surface area contributed by atoms with E-state index in [0.717, 1.165) is 24.3 Å². The van der Waals surface area contributed by atoms with Gasteiger partial charge in [-0.3, -0.25) is 9.59 Å². The average molecular weight is 334 g/mol. The number of benzene rings is 1. The van der Waals surface area contributed by atoms with Crippen LogP contribution in [0.3, 0.4) is 0 Å². The van der Waals surface area contributed by atoms with Gasteiger partial charge in [-0.2, -0.15) is 13.2 Å². The second-order valence-electron chi connectivity index (χ2n) is 5.14. The molecule has 1 aromatic carbocycles. The van der Waals surface area contributed by atoms with Crippen molar-refractivity contribution in [2.45, 2.75) is 18.7 Å². The summed E-state index contributed by atoms with van der Waals surface area (Å²) in [5.41, 5.74) is -2.17. The monoisotopic (exact) mass is 334 g/mol. The van der Waals surface area contributed by atoms with Gasteiger partial charge >= 0.3 is 18.0 Å². The van der Waals surface area contributed by atoms with E-state index in [1.807, 2.05) is 0 Å². The highest BCUT2D eigenvalue weighted by molar-refractivity contribution is 6.39. The molecule has 1 rings (SSSR count). The Morgan fingerprint density at radius 3 is 2.22 bits per heavy atom. The molecule has 0 aliphatic heterocycles. The van der Waals surface area contributed by atoms with Gasteiger partial charge in [0, 0.05) is 19.3 Å². The summed E-state index contributed by atoms with van der Waals surface area (Å²) in [4.78, 5) is 23.2. The normalized spacial score (nSPS) is 14.0. The molecule has 0 radical (unpaired) electrons. The maximum atomic E-state index is 12.4. The zero-order chi connectivity index (χ0) is 17.7. The third-order valence-corrected chi connectivity index (χ3v) is 2.76. The van der Waals surface area contributed by atoms with Crippen molar-refractivity contribution < 1.29 is 32.6 Å². The van der Waals surface area contributed by atoms with Gasteiger partial charge in [0.1, 0.15) is 5.60 Å². The Bertz CT molecular complexity index is 556. The van der Waals surface area contributed by atoms with Crippen LogP contribution in [0.25, 0.3) is 0 Å². The minimum atomic E-state index is -4.48. The van der Waals surface area contributed by atoms with Gasteiger partial charge < -0.3 is 20.5 Å². The molecule has 0 aliphatic carbocycles. The number of amides is 2. The Morgan fingerprint density at radius 1 is 1.17 bits per heavy atom. The Balaban J connectivity index is 2.57. The van der Waals surface area contributed by atoms with Crippen LogP contribution in [0.5, 0.6) is 0 Å². The van der Waals surface area contributed by atoms with Crippen LogP contribution in [-0.2, 0) is 20.5 Å². The molecule has 0 bridgehead atoms. The van der Waals surface area contributed by atoms with Crippen molar-refractivity contribution >= 4 is 17.5 Å². The first-order valence-electron chi connectivity index (χ1n) is 6.53. The van der Waals surface area contributed by atoms with Crippen molar-refractivity contribution in [2.24, 2.45) is 0 Å². The number of anilines is 1. The van der Waals surface area contributed by atoms with Crippen LogP contribution >= 0.6 is 0 Å². The zero-order valence-electron chi connectivity index (χ0n) is 12.5. The summed E-state index contributed by atoms with van der Waals surface area (Å²) >= 11 is 0. The Kier molecular flexibility index (Phi) is 6.11. The summed E-state index contributed by atoms with van der Waals surface area (Å²) in [5.74, 6) is -2.08. The average Bonchev–Trinajstić information content (AvgIpc) is 2.44. The number of rotatable bonds is 5. The van der Waals surface area contributed by atoms with Crippen molar-refractivity contribution in [2.75, 3.05) is 25.6 Å². The lowest BCUT2D eigenvalue weighted by Crippen LogP contribution is -2.46. The largest absolute Gasteiger partial charge is 0.416 e. The summed E-state index contributed by atoms with van der Waals surface area (Å²) in [6.45, 7) is 1.14. The summed E-state index contributed by atoms with van der Waals surface area (Å²) in [7, 11) is 1.37. The Hall–Kier alpha value is -2.13. The van der Waals surface area contributed by atoms with E-state index >= 15 is 0 Å². The number of methoxy groups -OCH3 is 1. The van der Waals surface area contributed by atoms with Crippen LogP contribution in [0, 0.1) is 0 Å². The van der Waals surface area contributed by atoms with Gasteiger partial charge in [0.25, 0.3) is 0 Å². The van der Waals surface area contributed by atoms with Crippen molar-refractivity contribution in [1.29, 1.82) is 0 Å². The second kappa shape index (κ2) is 7.42. The predicted molar refractivity (Wildman–Crippen MR) is 75.6 cm³/mol. The van der Waals surface area contributed by atoms with E-state index < -0.39 is 29.2 Å². The van der Waals surface area contributed by atoms with Gasteiger partial charge in [0.2, 0.25) is 0 Å². The topological polar surface area (TPSA) is 87.7 Å². The third kappa shape index (κ3) is 6.25. The first-order chi connectivity index (χ1) is 10.5. The number of halogens is 3. The first-order valence-corrected chi connectivity index (χ1v) is 6.53. The van der Waals surface area contributed by atoms with Crippen LogP contribution in [0.1, 0.15) is 12.5 Å². The van der Waals surface area contributed by atoms with Crippen LogP contribution in [-0.4, -0.2) is 42.8 Å². The molecular weight excluding hydrogens is 317 g/mol. The molecule has 0 heterocycles. The Morgan fingerprint density at radius 2 is 1.74 bits per heavy atom. The molecule has 1 aromatic rings. The number of hydrogen-bond acceptors (Lipinski definition) is 4. The summed E-state index contributed by atoms with van der Waals surface area (Å²) in [6, 6.07) is 3.65. The molecule has 0 saturated heterocycles. The lowest BCUT2D eigenvalue weighted by Gasteiger charge is -2.22. The Labute approximate surface area is 130 Å². The number of aliphatic hydroxyl groups is 1. The molecule has 23 heavy (non-hydrogen) atoms. The minimum Gasteiger partial charge on any atom is -0.386 e. The van der Waals surface area contributed by atoms with Crippen molar-refractivity contribution in [1.82, 2.24) is 5.32 Å². The lowest BCUT2D eigenvalue weighted by molar-refractivity contribution is -0.137. The van der Waals surface area contributed by atoms with E-state index in [4.69, 9.17) is 4.74 Å². The number of hydrogen-bond donors (Lipinski definition) is 3. The van der Waals surface area contributed by atoms with Crippen molar-refractivity contribution in [3.63, 3.8) is 0 Å². The van der Waals surface area contributed by atoms with E-state index in [1.54, 1.807) is 0 Å². The fourth-order valence-corrected chi connectivity index (χ4v) is 1.64. The van der Waals surface area contributed by atoms with Crippen LogP contribution in [0.15, 0.2) is 24.3 Å². The highest BCUT2D eigenvalue weighted by Crippen LogP contribution is 2.29. The van der Waals surface area contributed by atoms with Crippen LogP contribution < -0.4 is 10.6 Å². The summed E-state index contributed by atoms with van der Waals surface area (Å²) in [6.07, 6.45) is -4.48. The third-order valence-electron chi connectivity index (χ3n) is 2.76. The molecule has 0 aromatic heterocycles. The van der Waals surface area contributed by atoms with Gasteiger partial charge in [-0.25, -0.2) is 0 Å². The van der Waals surface area contributed by atoms with Crippen molar-refractivity contribution in [3.8, 4) is 0 Å². The number of carbonyl (C=O) groups is 2. The molecule has 0 fully saturated rings. The predicted octanol–water partition coefficient (Wildman–Crippen LogP) is 1.16. The van der Waals surface area contributed by atoms with Gasteiger partial charge in [0.15, 0.2) is 0 Å². The maximum Gasteiger partial charge on any atom is 0.416 e. The molecule has 0 spiro atoms. The summed E-state index contributed by atoms with van der Waals surface area (Å²) in [5, 5.41) is 14.1. The molecule has 0 aliphatic rings. The molecule has 6 nitrogen and oxygen atoms in total. The molecule has 0 saturated carbocycles. The SMILES string of the molecule is COCC(C)(O)CNC(=O)C(=O)Nc1ccc(C(F)(F)F)cc1. The van der Waals surface area contributed by atoms with E-state index in [2.05, 4.69) is 10.6 Å². The van der Waals surface area contributed by atoms with Crippen LogP contribution in [0.4, 0.5) is 18.9 Å². The van der Waals surface area contributed by atoms with Gasteiger partial charge in [0.05, 0.1) is 12.2 Å². The van der Waals surface area contributed by atoms with Gasteiger partial charge in [-0.1, -0.05) is 0 Å². The van der Waals surface area contributed by atoms with Gasteiger partial charge in [-0.15, -0.1) is 0 Å². The standard InChI is InChI=1S/C14H17F3N2O4/c1-13(22,8-23-2)7-18-11(20)12(21)19-10-5-3-9(4-6-10)14(15,16)17/h3-6,22H,7-8H2,1-2H3,(H,18,20)(H,19,21). The lowest BCUT2D eigenvalue weighted by atomic mass is 10.1. The van der Waals surface area contributed by atoms with E-state index in [0.29, 0.717) is 0 Å². The molecule has 1 unspecified atom stereocenters. The zero-order valence-corrected chi connectivity index (χ0v) is 12.5. The minimum absolute atomic E-state index is 0.0433. The van der Waals surface area contributed by atoms with E-state index in [-0.39, 0.29) is 18.8 Å². The quantitative estimate of drug-likeness (QED) is 0.705. The number of nitrogens with one attached hydrogen (secondary N) is 2. The molecule has 1 atom stereocenters. The second-order valence-corrected chi connectivity index (χ2v) is 5.14. The van der Waals surface area contributed by atoms with E-state index in [9.17, 15) is 27.9 Å². The van der Waals surface area contributed by atoms with Crippen molar-refractivity contribution in [3.05, 3.63) is 29.8 Å². The van der Waals surface area contributed by atoms with E-state index in [1.165, 1.54) is 14.0 Å². The fraction of sp³-hybridized carbons (Fsp3) is 0.429. The fourth-order valence-electron chi connectivity index (χ4n) is 1.64.